The number of carbonyl (C=O) groups is 1. The van der Waals surface area contributed by atoms with Crippen LogP contribution in [0.5, 0.6) is 0 Å². The maximum atomic E-state index is 14.4. The Balaban J connectivity index is 1.45. The number of nitrogens with zero attached hydrogens (tertiary/aromatic N) is 3. The van der Waals surface area contributed by atoms with Gasteiger partial charge in [-0.15, -0.1) is 0 Å². The summed E-state index contributed by atoms with van der Waals surface area (Å²) in [5.74, 6) is -0.468. The monoisotopic (exact) mass is 631 g/mol. The highest BCUT2D eigenvalue weighted by atomic mass is 35.5. The summed E-state index contributed by atoms with van der Waals surface area (Å²) in [6.07, 6.45) is 1.97. The number of aromatic nitrogens is 2. The topological polar surface area (TPSA) is 65.6 Å². The maximum Gasteiger partial charge on any atom is 0.338 e. The maximum absolute atomic E-state index is 14.4. The molecular formula is C37H30ClN3O3S. The Hall–Kier alpha value is -4.72. The lowest BCUT2D eigenvalue weighted by Crippen LogP contribution is -2.40. The van der Waals surface area contributed by atoms with E-state index >= 15 is 0 Å². The van der Waals surface area contributed by atoms with Crippen LogP contribution in [-0.2, 0) is 16.1 Å². The van der Waals surface area contributed by atoms with Gasteiger partial charge in [-0.05, 0) is 60.9 Å². The fourth-order valence-electron chi connectivity index (χ4n) is 6.35. The van der Waals surface area contributed by atoms with E-state index in [1.165, 1.54) is 11.3 Å². The van der Waals surface area contributed by atoms with E-state index in [9.17, 15) is 9.59 Å². The third-order valence-electron chi connectivity index (χ3n) is 8.48. The van der Waals surface area contributed by atoms with Crippen molar-refractivity contribution in [3.8, 4) is 0 Å². The number of allylic oxidation sites excluding steroid dienone is 1. The van der Waals surface area contributed by atoms with Gasteiger partial charge in [0.25, 0.3) is 5.56 Å². The van der Waals surface area contributed by atoms with Crippen LogP contribution in [0.15, 0.2) is 112 Å². The summed E-state index contributed by atoms with van der Waals surface area (Å²) < 4.78 is 9.95. The van der Waals surface area contributed by atoms with E-state index in [0.717, 1.165) is 44.1 Å². The summed E-state index contributed by atoms with van der Waals surface area (Å²) >= 11 is 7.88. The zero-order valence-corrected chi connectivity index (χ0v) is 26.7. The van der Waals surface area contributed by atoms with Crippen molar-refractivity contribution in [2.75, 3.05) is 6.61 Å². The summed E-state index contributed by atoms with van der Waals surface area (Å²) in [4.78, 5) is 33.2. The molecule has 0 fully saturated rings. The molecule has 0 saturated carbocycles. The van der Waals surface area contributed by atoms with E-state index in [-0.39, 0.29) is 12.2 Å². The van der Waals surface area contributed by atoms with Crippen molar-refractivity contribution in [1.29, 1.82) is 0 Å². The molecule has 0 radical (unpaired) electrons. The minimum Gasteiger partial charge on any atom is -0.463 e. The Morgan fingerprint density at radius 2 is 1.67 bits per heavy atom. The average molecular weight is 632 g/mol. The molecule has 224 valence electrons. The molecule has 1 aliphatic heterocycles. The fraction of sp³-hybridized carbons (Fsp3) is 0.162. The highest BCUT2D eigenvalue weighted by Gasteiger charge is 2.34. The van der Waals surface area contributed by atoms with E-state index in [0.29, 0.717) is 32.2 Å². The Labute approximate surface area is 268 Å². The average Bonchev–Trinajstić information content (AvgIpc) is 3.49. The summed E-state index contributed by atoms with van der Waals surface area (Å²) in [5.41, 5.74) is 5.64. The molecule has 1 aliphatic rings. The van der Waals surface area contributed by atoms with Gasteiger partial charge in [-0.3, -0.25) is 9.36 Å². The van der Waals surface area contributed by atoms with Gasteiger partial charge in [0, 0.05) is 33.7 Å². The lowest BCUT2D eigenvalue weighted by Gasteiger charge is -2.25. The number of halogens is 1. The number of hydrogen-bond donors (Lipinski definition) is 0. The van der Waals surface area contributed by atoms with E-state index in [1.54, 1.807) is 11.5 Å². The number of esters is 1. The minimum atomic E-state index is -0.684. The third kappa shape index (κ3) is 4.93. The summed E-state index contributed by atoms with van der Waals surface area (Å²) in [6, 6.07) is 29.3. The quantitative estimate of drug-likeness (QED) is 0.188. The van der Waals surface area contributed by atoms with Crippen LogP contribution in [0.4, 0.5) is 0 Å². The molecule has 8 heteroatoms. The van der Waals surface area contributed by atoms with Crippen LogP contribution in [0, 0.1) is 6.92 Å². The van der Waals surface area contributed by atoms with Crippen molar-refractivity contribution in [2.24, 2.45) is 4.99 Å². The Bertz CT molecular complexity index is 2360. The number of rotatable bonds is 6. The smallest absolute Gasteiger partial charge is 0.338 e. The Kier molecular flexibility index (Phi) is 7.51. The first-order chi connectivity index (χ1) is 21.9. The van der Waals surface area contributed by atoms with Crippen molar-refractivity contribution in [3.05, 3.63) is 149 Å². The highest BCUT2D eigenvalue weighted by Crippen LogP contribution is 2.35. The third-order valence-corrected chi connectivity index (χ3v) is 9.83. The van der Waals surface area contributed by atoms with Gasteiger partial charge in [-0.1, -0.05) is 102 Å². The van der Waals surface area contributed by atoms with Crippen LogP contribution in [-0.4, -0.2) is 21.7 Å². The molecule has 0 bridgehead atoms. The zero-order valence-electron chi connectivity index (χ0n) is 25.1. The van der Waals surface area contributed by atoms with Crippen molar-refractivity contribution in [2.45, 2.75) is 33.4 Å². The van der Waals surface area contributed by atoms with Gasteiger partial charge < -0.3 is 9.30 Å². The second-order valence-corrected chi connectivity index (χ2v) is 12.5. The second kappa shape index (κ2) is 11.7. The van der Waals surface area contributed by atoms with E-state index in [1.807, 2.05) is 91.9 Å². The molecule has 0 amide bonds. The molecule has 3 heterocycles. The van der Waals surface area contributed by atoms with Gasteiger partial charge in [0.1, 0.15) is 0 Å². The molecule has 1 unspecified atom stereocenters. The number of hydrogen-bond acceptors (Lipinski definition) is 5. The fourth-order valence-corrected chi connectivity index (χ4v) is 7.57. The first-order valence-electron chi connectivity index (χ1n) is 14.9. The largest absolute Gasteiger partial charge is 0.463 e. The SMILES string of the molecule is CCOC(=O)C1=C(C)N=c2sc(=Cc3c(C)n(Cc4ccccc4Cl)c4ccccc34)c(=O)n2C1c1cccc2ccccc12. The molecule has 45 heavy (non-hydrogen) atoms. The Morgan fingerprint density at radius 1 is 0.956 bits per heavy atom. The summed E-state index contributed by atoms with van der Waals surface area (Å²) in [6.45, 7) is 6.49. The lowest BCUT2D eigenvalue weighted by atomic mass is 9.91. The van der Waals surface area contributed by atoms with E-state index in [4.69, 9.17) is 21.3 Å². The lowest BCUT2D eigenvalue weighted by molar-refractivity contribution is -0.139. The van der Waals surface area contributed by atoms with Crippen LogP contribution in [0.25, 0.3) is 27.8 Å². The minimum absolute atomic E-state index is 0.201. The van der Waals surface area contributed by atoms with Gasteiger partial charge in [-0.2, -0.15) is 0 Å². The predicted octanol–water partition coefficient (Wildman–Crippen LogP) is 6.92. The number of thiazole rings is 1. The highest BCUT2D eigenvalue weighted by molar-refractivity contribution is 7.07. The van der Waals surface area contributed by atoms with Crippen molar-refractivity contribution in [3.63, 3.8) is 0 Å². The van der Waals surface area contributed by atoms with Gasteiger partial charge >= 0.3 is 5.97 Å². The number of ether oxygens (including phenoxy) is 1. The first kappa shape index (κ1) is 29.0. The molecule has 6 aromatic rings. The van der Waals surface area contributed by atoms with E-state index in [2.05, 4.69) is 23.6 Å². The molecule has 0 spiro atoms. The van der Waals surface area contributed by atoms with Crippen LogP contribution in [0.3, 0.4) is 0 Å². The zero-order chi connectivity index (χ0) is 31.2. The van der Waals surface area contributed by atoms with Crippen molar-refractivity contribution >= 4 is 56.7 Å². The summed E-state index contributed by atoms with van der Waals surface area (Å²) in [5, 5.41) is 3.75. The number of benzene rings is 4. The van der Waals surface area contributed by atoms with Crippen LogP contribution >= 0.6 is 22.9 Å². The number of para-hydroxylation sites is 1. The molecule has 7 rings (SSSR count). The summed E-state index contributed by atoms with van der Waals surface area (Å²) in [7, 11) is 0. The van der Waals surface area contributed by atoms with Gasteiger partial charge in [0.2, 0.25) is 0 Å². The van der Waals surface area contributed by atoms with Crippen LogP contribution in [0.2, 0.25) is 5.02 Å². The van der Waals surface area contributed by atoms with Crippen molar-refractivity contribution < 1.29 is 9.53 Å². The number of fused-ring (bicyclic) bond motifs is 3. The van der Waals surface area contributed by atoms with Crippen LogP contribution in [0.1, 0.15) is 42.3 Å². The van der Waals surface area contributed by atoms with Gasteiger partial charge in [0.15, 0.2) is 4.80 Å². The molecule has 2 aromatic heterocycles. The van der Waals surface area contributed by atoms with Gasteiger partial charge in [-0.25, -0.2) is 9.79 Å². The molecular weight excluding hydrogens is 602 g/mol. The van der Waals surface area contributed by atoms with Gasteiger partial charge in [0.05, 0.1) is 28.5 Å². The molecule has 6 nitrogen and oxygen atoms in total. The second-order valence-electron chi connectivity index (χ2n) is 11.1. The standard InChI is InChI=1S/C37H30ClN3O3S/c1-4-44-36(43)33-22(2)39-37-41(34(33)28-17-11-14-24-12-5-7-15-26(24)28)35(42)32(45-37)20-29-23(3)40(31-19-10-8-16-27(29)31)21-25-13-6-9-18-30(25)38/h5-20,34H,4,21H2,1-3H3. The first-order valence-corrected chi connectivity index (χ1v) is 16.1. The molecule has 1 atom stereocenters. The normalized spacial score (nSPS) is 15.0. The van der Waals surface area contributed by atoms with Crippen LogP contribution < -0.4 is 14.9 Å². The van der Waals surface area contributed by atoms with Crippen molar-refractivity contribution in [1.82, 2.24) is 9.13 Å². The molecule has 0 aliphatic carbocycles. The van der Waals surface area contributed by atoms with E-state index < -0.39 is 12.0 Å². The molecule has 0 saturated heterocycles. The predicted molar refractivity (Wildman–Crippen MR) is 182 cm³/mol. The Morgan fingerprint density at radius 3 is 2.47 bits per heavy atom. The number of carbonyl (C=O) groups excluding carboxylic acids is 1. The molecule has 0 N–H and O–H groups in total. The molecule has 4 aromatic carbocycles.